The number of halogens is 3. The topological polar surface area (TPSA) is 81.7 Å². The highest BCUT2D eigenvalue weighted by Gasteiger charge is 2.19. The number of benzene rings is 2. The van der Waals surface area contributed by atoms with Crippen LogP contribution in [0.15, 0.2) is 47.0 Å². The number of nitrogens with one attached hydrogen (secondary N) is 1. The third-order valence-electron chi connectivity index (χ3n) is 4.96. The van der Waals surface area contributed by atoms with Crippen LogP contribution >= 0.6 is 0 Å². The van der Waals surface area contributed by atoms with Crippen molar-refractivity contribution in [2.24, 2.45) is 0 Å². The summed E-state index contributed by atoms with van der Waals surface area (Å²) in [4.78, 5) is 0. The lowest BCUT2D eigenvalue weighted by atomic mass is 10.0. The van der Waals surface area contributed by atoms with Gasteiger partial charge in [0.15, 0.2) is 0 Å². The second-order valence-corrected chi connectivity index (χ2v) is 6.90. The largest absolute Gasteiger partial charge is 0.415 e. The molecule has 1 aliphatic rings. The molecule has 0 spiro atoms. The van der Waals surface area contributed by atoms with Crippen LogP contribution in [0.5, 0.6) is 0 Å². The van der Waals surface area contributed by atoms with Crippen molar-refractivity contribution in [3.8, 4) is 22.7 Å². The summed E-state index contributed by atoms with van der Waals surface area (Å²) in [6.07, 6.45) is -1.10. The summed E-state index contributed by atoms with van der Waals surface area (Å²) in [5.74, 6) is -1.50. The van der Waals surface area contributed by atoms with Crippen LogP contribution in [-0.4, -0.2) is 25.2 Å². The Bertz CT molecular complexity index is 1220. The van der Waals surface area contributed by atoms with E-state index < -0.39 is 18.1 Å². The third-order valence-corrected chi connectivity index (χ3v) is 4.96. The van der Waals surface area contributed by atoms with Crippen LogP contribution in [0, 0.1) is 5.82 Å². The summed E-state index contributed by atoms with van der Waals surface area (Å²) in [5, 5.41) is 18.4. The molecule has 4 aromatic rings. The van der Waals surface area contributed by atoms with Crippen molar-refractivity contribution in [1.82, 2.24) is 30.5 Å². The Hall–Kier alpha value is -3.53. The minimum absolute atomic E-state index is 0.162. The molecule has 7 nitrogen and oxygen atoms in total. The minimum Gasteiger partial charge on any atom is -0.415 e. The first-order chi connectivity index (χ1) is 14.6. The van der Waals surface area contributed by atoms with Gasteiger partial charge in [-0.2, -0.15) is 8.78 Å². The highest BCUT2D eigenvalue weighted by molar-refractivity contribution is 5.65. The molecule has 0 aliphatic carbocycles. The van der Waals surface area contributed by atoms with Crippen molar-refractivity contribution >= 4 is 0 Å². The third kappa shape index (κ3) is 3.35. The van der Waals surface area contributed by atoms with E-state index in [0.29, 0.717) is 5.56 Å². The number of nitrogens with zero attached hydrogens (tertiary/aromatic N) is 5. The van der Waals surface area contributed by atoms with Gasteiger partial charge in [0.25, 0.3) is 5.89 Å². The van der Waals surface area contributed by atoms with Gasteiger partial charge in [-0.15, -0.1) is 15.3 Å². The predicted octanol–water partition coefficient (Wildman–Crippen LogP) is 3.72. The first kappa shape index (κ1) is 18.5. The van der Waals surface area contributed by atoms with E-state index in [1.165, 1.54) is 29.3 Å². The van der Waals surface area contributed by atoms with Gasteiger partial charge in [0.1, 0.15) is 11.5 Å². The van der Waals surface area contributed by atoms with E-state index in [0.717, 1.165) is 24.3 Å². The maximum Gasteiger partial charge on any atom is 0.314 e. The highest BCUT2D eigenvalue weighted by Crippen LogP contribution is 2.28. The van der Waals surface area contributed by atoms with Crippen molar-refractivity contribution in [2.45, 2.75) is 26.1 Å². The maximum absolute atomic E-state index is 14.6. The van der Waals surface area contributed by atoms with E-state index >= 15 is 0 Å². The van der Waals surface area contributed by atoms with Crippen LogP contribution < -0.4 is 5.32 Å². The molecule has 0 fully saturated rings. The molecular formula is C20H15F3N6O. The molecule has 2 aromatic heterocycles. The predicted molar refractivity (Wildman–Crippen MR) is 99.8 cm³/mol. The molecule has 0 radical (unpaired) electrons. The second kappa shape index (κ2) is 7.38. The van der Waals surface area contributed by atoms with E-state index in [-0.39, 0.29) is 18.0 Å². The molecule has 5 rings (SSSR count). The van der Waals surface area contributed by atoms with Crippen molar-refractivity contribution in [3.05, 3.63) is 71.0 Å². The van der Waals surface area contributed by atoms with Gasteiger partial charge in [0.05, 0.1) is 12.7 Å². The van der Waals surface area contributed by atoms with E-state index in [4.69, 9.17) is 4.42 Å². The van der Waals surface area contributed by atoms with Crippen LogP contribution in [0.25, 0.3) is 22.7 Å². The number of fused-ring (bicyclic) bond motifs is 1. The Morgan fingerprint density at radius 1 is 1.10 bits per heavy atom. The van der Waals surface area contributed by atoms with Crippen molar-refractivity contribution in [1.29, 1.82) is 0 Å². The fourth-order valence-electron chi connectivity index (χ4n) is 3.49. The summed E-state index contributed by atoms with van der Waals surface area (Å²) in [7, 11) is 0. The molecule has 0 atom stereocenters. The Labute approximate surface area is 168 Å². The Morgan fingerprint density at radius 2 is 2.00 bits per heavy atom. The van der Waals surface area contributed by atoms with Crippen molar-refractivity contribution in [3.63, 3.8) is 0 Å². The lowest BCUT2D eigenvalue weighted by Gasteiger charge is -2.05. The van der Waals surface area contributed by atoms with Gasteiger partial charge in [0, 0.05) is 29.8 Å². The summed E-state index contributed by atoms with van der Waals surface area (Å²) in [5.41, 5.74) is 4.75. The quantitative estimate of drug-likeness (QED) is 0.538. The van der Waals surface area contributed by atoms with Crippen molar-refractivity contribution in [2.75, 3.05) is 0 Å². The molecule has 0 bridgehead atoms. The second-order valence-electron chi connectivity index (χ2n) is 6.90. The molecule has 30 heavy (non-hydrogen) atoms. The van der Waals surface area contributed by atoms with Gasteiger partial charge in [-0.25, -0.2) is 9.07 Å². The number of hydrogen-bond donors (Lipinski definition) is 1. The zero-order chi connectivity index (χ0) is 20.7. The zero-order valence-electron chi connectivity index (χ0n) is 15.5. The molecule has 0 unspecified atom stereocenters. The highest BCUT2D eigenvalue weighted by atomic mass is 19.3. The summed E-state index contributed by atoms with van der Waals surface area (Å²) >= 11 is 0. The molecular weight excluding hydrogens is 397 g/mol. The number of rotatable bonds is 5. The zero-order valence-corrected chi connectivity index (χ0v) is 15.5. The molecule has 0 saturated carbocycles. The van der Waals surface area contributed by atoms with Crippen LogP contribution in [0.4, 0.5) is 13.2 Å². The Morgan fingerprint density at radius 3 is 2.80 bits per heavy atom. The summed E-state index contributed by atoms with van der Waals surface area (Å²) in [6, 6.07) is 10.3. The molecule has 1 N–H and O–H groups in total. The van der Waals surface area contributed by atoms with Gasteiger partial charge in [0.2, 0.25) is 5.89 Å². The van der Waals surface area contributed by atoms with Gasteiger partial charge in [-0.3, -0.25) is 0 Å². The van der Waals surface area contributed by atoms with Gasteiger partial charge >= 0.3 is 6.43 Å². The smallest absolute Gasteiger partial charge is 0.314 e. The fourth-order valence-corrected chi connectivity index (χ4v) is 3.49. The summed E-state index contributed by atoms with van der Waals surface area (Å²) < 4.78 is 46.2. The molecule has 1 aliphatic heterocycles. The fraction of sp³-hybridized carbons (Fsp3) is 0.200. The maximum atomic E-state index is 14.6. The van der Waals surface area contributed by atoms with E-state index in [1.807, 2.05) is 12.1 Å². The van der Waals surface area contributed by atoms with E-state index in [1.54, 1.807) is 10.9 Å². The minimum atomic E-state index is -2.88. The first-order valence-electron chi connectivity index (χ1n) is 9.21. The average Bonchev–Trinajstić information content (AvgIpc) is 3.49. The van der Waals surface area contributed by atoms with Crippen LogP contribution in [-0.2, 0) is 19.6 Å². The number of hydrogen-bond acceptors (Lipinski definition) is 6. The monoisotopic (exact) mass is 412 g/mol. The Kier molecular flexibility index (Phi) is 4.55. The molecule has 152 valence electrons. The first-order valence-corrected chi connectivity index (χ1v) is 9.21. The lowest BCUT2D eigenvalue weighted by molar-refractivity contribution is 0.116. The molecule has 0 amide bonds. The van der Waals surface area contributed by atoms with Gasteiger partial charge < -0.3 is 9.73 Å². The van der Waals surface area contributed by atoms with Crippen LogP contribution in [0.3, 0.4) is 0 Å². The van der Waals surface area contributed by atoms with E-state index in [2.05, 4.69) is 31.9 Å². The molecule has 3 heterocycles. The van der Waals surface area contributed by atoms with E-state index in [9.17, 15) is 13.2 Å². The standard InChI is InChI=1S/C20H15F3N6O/c21-16-6-11(19-26-27-20(30-19)18(22)23)4-5-13(16)9-29-10-17(25-28-29)14-3-1-2-12-7-24-8-15(12)14/h1-6,10,18,24H,7-9H2. The normalized spacial score (nSPS) is 13.2. The van der Waals surface area contributed by atoms with Gasteiger partial charge in [-0.05, 0) is 23.3 Å². The molecule has 10 heteroatoms. The number of aromatic nitrogens is 5. The van der Waals surface area contributed by atoms with Crippen molar-refractivity contribution < 1.29 is 17.6 Å². The van der Waals surface area contributed by atoms with Gasteiger partial charge in [-0.1, -0.05) is 29.5 Å². The van der Waals surface area contributed by atoms with Crippen LogP contribution in [0.1, 0.15) is 29.0 Å². The summed E-state index contributed by atoms with van der Waals surface area (Å²) in [6.45, 7) is 1.77. The lowest BCUT2D eigenvalue weighted by Crippen LogP contribution is -2.03. The Balaban J connectivity index is 1.37. The molecule has 0 saturated heterocycles. The molecule has 2 aromatic carbocycles. The van der Waals surface area contributed by atoms with Crippen LogP contribution in [0.2, 0.25) is 0 Å². The SMILES string of the molecule is Fc1cc(-c2nnc(C(F)F)o2)ccc1Cn1cc(-c2cccc3c2CNC3)nn1. The number of alkyl halides is 2. The average molecular weight is 412 g/mol.